The summed E-state index contributed by atoms with van der Waals surface area (Å²) in [5.74, 6) is -1.21. The quantitative estimate of drug-likeness (QED) is 0.516. The van der Waals surface area contributed by atoms with Crippen LogP contribution < -0.4 is 5.32 Å². The van der Waals surface area contributed by atoms with Gasteiger partial charge in [0.2, 0.25) is 5.91 Å². The first-order valence-electron chi connectivity index (χ1n) is 10.6. The van der Waals surface area contributed by atoms with Gasteiger partial charge in [-0.3, -0.25) is 4.79 Å². The average molecular weight is 529 g/mol. The molecule has 1 aromatic heterocycles. The molecule has 1 aliphatic heterocycles. The third-order valence-electron chi connectivity index (χ3n) is 5.22. The molecular weight excluding hydrogens is 504 g/mol. The van der Waals surface area contributed by atoms with Gasteiger partial charge in [0.05, 0.1) is 36.5 Å². The van der Waals surface area contributed by atoms with Crippen molar-refractivity contribution in [2.45, 2.75) is 37.6 Å². The molecule has 1 N–H and O–H groups in total. The Balaban J connectivity index is 1.67. The van der Waals surface area contributed by atoms with Gasteiger partial charge in [-0.15, -0.1) is 11.3 Å². The largest absolute Gasteiger partial charge is 0.465 e. The van der Waals surface area contributed by atoms with Crippen LogP contribution in [0.5, 0.6) is 0 Å². The topological polar surface area (TPSA) is 119 Å². The molecule has 0 radical (unpaired) electrons. The molecule has 0 aliphatic carbocycles. The maximum atomic E-state index is 12.6. The first-order valence-corrected chi connectivity index (χ1v) is 13.4. The molecule has 0 unspecified atom stereocenters. The summed E-state index contributed by atoms with van der Waals surface area (Å²) in [5, 5.41) is 3.48. The van der Waals surface area contributed by atoms with Crippen LogP contribution in [0.1, 0.15) is 40.6 Å². The van der Waals surface area contributed by atoms with E-state index in [1.165, 1.54) is 47.6 Å². The van der Waals surface area contributed by atoms with Gasteiger partial charge in [-0.1, -0.05) is 11.6 Å². The van der Waals surface area contributed by atoms with E-state index in [9.17, 15) is 22.8 Å². The molecule has 0 atom stereocenters. The van der Waals surface area contributed by atoms with Crippen LogP contribution in [0, 0.1) is 0 Å². The van der Waals surface area contributed by atoms with Crippen molar-refractivity contribution in [3.8, 4) is 0 Å². The summed E-state index contributed by atoms with van der Waals surface area (Å²) in [4.78, 5) is 39.5. The molecule has 1 aromatic carbocycles. The fourth-order valence-corrected chi connectivity index (χ4v) is 6.26. The zero-order chi connectivity index (χ0) is 24.9. The number of rotatable bonds is 8. The SMILES string of the molecule is CCOC(=O)N1CCc2c(sc(NC(=O)CCCS(=O)(=O)c3ccc(Cl)cc3)c2C(=O)OC)C1. The molecule has 1 aliphatic rings. The van der Waals surface area contributed by atoms with Crippen molar-refractivity contribution in [3.05, 3.63) is 45.3 Å². The molecule has 0 saturated carbocycles. The van der Waals surface area contributed by atoms with Gasteiger partial charge in [0.1, 0.15) is 5.00 Å². The van der Waals surface area contributed by atoms with E-state index in [0.29, 0.717) is 23.0 Å². The third kappa shape index (κ3) is 6.08. The summed E-state index contributed by atoms with van der Waals surface area (Å²) in [6, 6.07) is 5.85. The molecule has 0 fully saturated rings. The van der Waals surface area contributed by atoms with Crippen molar-refractivity contribution in [3.63, 3.8) is 0 Å². The number of methoxy groups -OCH3 is 1. The summed E-state index contributed by atoms with van der Waals surface area (Å²) in [6.45, 7) is 2.62. The first-order chi connectivity index (χ1) is 16.2. The van der Waals surface area contributed by atoms with Crippen LogP contribution in [0.2, 0.25) is 5.02 Å². The van der Waals surface area contributed by atoms with E-state index < -0.39 is 27.8 Å². The standard InChI is InChI=1S/C22H25ClN2O7S2/c1-3-32-22(28)25-11-10-16-17(13-25)33-20(19(16)21(27)31-2)24-18(26)5-4-12-34(29,30)15-8-6-14(23)7-9-15/h6-9H,3-5,10-13H2,1-2H3,(H,24,26). The highest BCUT2D eigenvalue weighted by molar-refractivity contribution is 7.91. The van der Waals surface area contributed by atoms with Crippen molar-refractivity contribution < 1.29 is 32.3 Å². The van der Waals surface area contributed by atoms with Crippen LogP contribution in [0.4, 0.5) is 9.80 Å². The fourth-order valence-electron chi connectivity index (χ4n) is 3.55. The summed E-state index contributed by atoms with van der Waals surface area (Å²) in [6.07, 6.45) is 0.0371. The summed E-state index contributed by atoms with van der Waals surface area (Å²) in [5.41, 5.74) is 1.01. The second-order valence-electron chi connectivity index (χ2n) is 7.49. The second-order valence-corrected chi connectivity index (χ2v) is 11.1. The smallest absolute Gasteiger partial charge is 0.410 e. The van der Waals surface area contributed by atoms with Gasteiger partial charge in [0.25, 0.3) is 0 Å². The monoisotopic (exact) mass is 528 g/mol. The maximum absolute atomic E-state index is 12.6. The van der Waals surface area contributed by atoms with E-state index in [0.717, 1.165) is 10.4 Å². The lowest BCUT2D eigenvalue weighted by Crippen LogP contribution is -2.36. The molecule has 2 amide bonds. The second kappa shape index (κ2) is 11.2. The Bertz CT molecular complexity index is 1180. The van der Waals surface area contributed by atoms with Crippen molar-refractivity contribution in [2.75, 3.05) is 31.3 Å². The van der Waals surface area contributed by atoms with Gasteiger partial charge in [0, 0.05) is 22.9 Å². The molecule has 2 heterocycles. The summed E-state index contributed by atoms with van der Waals surface area (Å²) >= 11 is 7.00. The number of carbonyl (C=O) groups is 3. The first kappa shape index (κ1) is 26.0. The number of sulfone groups is 1. The molecule has 0 spiro atoms. The minimum absolute atomic E-state index is 0.0506. The molecule has 12 heteroatoms. The van der Waals surface area contributed by atoms with Gasteiger partial charge in [-0.25, -0.2) is 18.0 Å². The predicted octanol–water partition coefficient (Wildman–Crippen LogP) is 3.90. The maximum Gasteiger partial charge on any atom is 0.410 e. The van der Waals surface area contributed by atoms with E-state index >= 15 is 0 Å². The zero-order valence-electron chi connectivity index (χ0n) is 18.8. The Morgan fingerprint density at radius 3 is 2.56 bits per heavy atom. The predicted molar refractivity (Wildman–Crippen MR) is 128 cm³/mol. The number of benzene rings is 1. The van der Waals surface area contributed by atoms with E-state index in [-0.39, 0.29) is 42.2 Å². The van der Waals surface area contributed by atoms with Gasteiger partial charge in [-0.05, 0) is 49.6 Å². The molecular formula is C22H25ClN2O7S2. The number of ether oxygens (including phenoxy) is 2. The van der Waals surface area contributed by atoms with Crippen molar-refractivity contribution in [1.29, 1.82) is 0 Å². The van der Waals surface area contributed by atoms with E-state index in [2.05, 4.69) is 5.32 Å². The Hall–Kier alpha value is -2.63. The number of anilines is 1. The Kier molecular flexibility index (Phi) is 8.56. The van der Waals surface area contributed by atoms with E-state index in [1.54, 1.807) is 6.92 Å². The third-order valence-corrected chi connectivity index (χ3v) is 8.42. The Morgan fingerprint density at radius 2 is 1.91 bits per heavy atom. The highest BCUT2D eigenvalue weighted by atomic mass is 35.5. The van der Waals surface area contributed by atoms with Gasteiger partial charge in [-0.2, -0.15) is 0 Å². The van der Waals surface area contributed by atoms with Crippen LogP contribution in [0.15, 0.2) is 29.2 Å². The van der Waals surface area contributed by atoms with Gasteiger partial charge >= 0.3 is 12.1 Å². The number of fused-ring (bicyclic) bond motifs is 1. The number of amides is 2. The van der Waals surface area contributed by atoms with Crippen molar-refractivity contribution in [2.24, 2.45) is 0 Å². The lowest BCUT2D eigenvalue weighted by Gasteiger charge is -2.26. The molecule has 184 valence electrons. The average Bonchev–Trinajstić information content (AvgIpc) is 3.15. The minimum atomic E-state index is -3.55. The number of carbonyl (C=O) groups excluding carboxylic acids is 3. The lowest BCUT2D eigenvalue weighted by atomic mass is 10.0. The fraction of sp³-hybridized carbons (Fsp3) is 0.409. The van der Waals surface area contributed by atoms with Crippen molar-refractivity contribution >= 4 is 55.7 Å². The number of nitrogens with one attached hydrogen (secondary N) is 1. The molecule has 9 nitrogen and oxygen atoms in total. The number of thiophene rings is 1. The van der Waals surface area contributed by atoms with Crippen LogP contribution >= 0.6 is 22.9 Å². The number of hydrogen-bond acceptors (Lipinski definition) is 8. The number of nitrogens with zero attached hydrogens (tertiary/aromatic N) is 1. The number of halogens is 1. The molecule has 3 rings (SSSR count). The highest BCUT2D eigenvalue weighted by Gasteiger charge is 2.31. The van der Waals surface area contributed by atoms with Crippen LogP contribution in [-0.2, 0) is 37.1 Å². The summed E-state index contributed by atoms with van der Waals surface area (Å²) < 4.78 is 34.9. The molecule has 0 saturated heterocycles. The molecule has 34 heavy (non-hydrogen) atoms. The van der Waals surface area contributed by atoms with E-state index in [4.69, 9.17) is 21.1 Å². The molecule has 2 aromatic rings. The Morgan fingerprint density at radius 1 is 1.21 bits per heavy atom. The molecule has 0 bridgehead atoms. The number of hydrogen-bond donors (Lipinski definition) is 1. The van der Waals surface area contributed by atoms with Gasteiger partial charge in [0.15, 0.2) is 9.84 Å². The number of esters is 1. The van der Waals surface area contributed by atoms with Gasteiger partial charge < -0.3 is 19.7 Å². The highest BCUT2D eigenvalue weighted by Crippen LogP contribution is 2.38. The van der Waals surface area contributed by atoms with Crippen molar-refractivity contribution in [1.82, 2.24) is 4.90 Å². The zero-order valence-corrected chi connectivity index (χ0v) is 21.1. The minimum Gasteiger partial charge on any atom is -0.465 e. The normalized spacial score (nSPS) is 13.2. The van der Waals surface area contributed by atoms with Crippen LogP contribution in [0.3, 0.4) is 0 Å². The lowest BCUT2D eigenvalue weighted by molar-refractivity contribution is -0.116. The Labute approximate surface area is 206 Å². The van der Waals surface area contributed by atoms with E-state index in [1.807, 2.05) is 0 Å². The van der Waals surface area contributed by atoms with Crippen LogP contribution in [0.25, 0.3) is 0 Å². The van der Waals surface area contributed by atoms with Crippen LogP contribution in [-0.4, -0.2) is 57.3 Å². The summed E-state index contributed by atoms with van der Waals surface area (Å²) in [7, 11) is -2.29.